The number of hydrogen-bond donors (Lipinski definition) is 2. The fraction of sp³-hybridized carbons (Fsp3) is 0.286. The van der Waals surface area contributed by atoms with Crippen LogP contribution in [0.3, 0.4) is 0 Å². The largest absolute Gasteiger partial charge is 0.329 e. The minimum Gasteiger partial charge on any atom is -0.329 e. The normalized spacial score (nSPS) is 14.4. The van der Waals surface area contributed by atoms with E-state index in [0.29, 0.717) is 6.54 Å². The van der Waals surface area contributed by atoms with E-state index in [-0.39, 0.29) is 12.1 Å². The lowest BCUT2D eigenvalue weighted by atomic mass is 10.1. The first-order valence-electron chi connectivity index (χ1n) is 5.97. The van der Waals surface area contributed by atoms with Crippen molar-refractivity contribution >= 4 is 22.9 Å². The van der Waals surface area contributed by atoms with Gasteiger partial charge in [0, 0.05) is 17.5 Å². The van der Waals surface area contributed by atoms with E-state index in [1.165, 1.54) is 10.4 Å². The van der Waals surface area contributed by atoms with Crippen LogP contribution in [0.25, 0.3) is 0 Å². The summed E-state index contributed by atoms with van der Waals surface area (Å²) in [6.07, 6.45) is 0. The molecule has 2 rings (SSSR count). The van der Waals surface area contributed by atoms with Crippen molar-refractivity contribution in [2.24, 2.45) is 5.73 Å². The van der Waals surface area contributed by atoms with Gasteiger partial charge in [-0.15, -0.1) is 11.3 Å². The van der Waals surface area contributed by atoms with Gasteiger partial charge in [-0.2, -0.15) is 0 Å². The third-order valence-electron chi connectivity index (χ3n) is 2.92. The molecule has 2 aromatic rings. The van der Waals surface area contributed by atoms with Gasteiger partial charge in [0.2, 0.25) is 0 Å². The van der Waals surface area contributed by atoms with Gasteiger partial charge in [-0.05, 0) is 24.6 Å². The summed E-state index contributed by atoms with van der Waals surface area (Å²) < 4.78 is 0.803. The van der Waals surface area contributed by atoms with Crippen LogP contribution in [0.2, 0.25) is 4.34 Å². The molecule has 0 aliphatic carbocycles. The minimum atomic E-state index is 0.151. The lowest BCUT2D eigenvalue weighted by Crippen LogP contribution is -2.29. The fourth-order valence-electron chi connectivity index (χ4n) is 1.92. The highest BCUT2D eigenvalue weighted by Gasteiger charge is 2.15. The molecule has 1 aromatic carbocycles. The topological polar surface area (TPSA) is 38.0 Å². The third kappa shape index (κ3) is 3.33. The van der Waals surface area contributed by atoms with Crippen molar-refractivity contribution < 1.29 is 0 Å². The van der Waals surface area contributed by atoms with Crippen molar-refractivity contribution in [3.63, 3.8) is 0 Å². The van der Waals surface area contributed by atoms with Crippen molar-refractivity contribution in [3.8, 4) is 0 Å². The molecule has 18 heavy (non-hydrogen) atoms. The Balaban J connectivity index is 2.07. The van der Waals surface area contributed by atoms with Crippen molar-refractivity contribution in [3.05, 3.63) is 57.2 Å². The lowest BCUT2D eigenvalue weighted by molar-refractivity contribution is 0.479. The monoisotopic (exact) mass is 280 g/mol. The molecule has 0 aliphatic rings. The Bertz CT molecular complexity index is 484. The molecule has 2 atom stereocenters. The zero-order valence-corrected chi connectivity index (χ0v) is 11.8. The van der Waals surface area contributed by atoms with E-state index in [1.807, 2.05) is 30.3 Å². The van der Waals surface area contributed by atoms with Crippen molar-refractivity contribution in [2.75, 3.05) is 6.54 Å². The first kappa shape index (κ1) is 13.6. The molecule has 0 radical (unpaired) electrons. The van der Waals surface area contributed by atoms with Gasteiger partial charge in [-0.25, -0.2) is 0 Å². The van der Waals surface area contributed by atoms with E-state index >= 15 is 0 Å². The van der Waals surface area contributed by atoms with Crippen molar-refractivity contribution in [2.45, 2.75) is 19.0 Å². The zero-order chi connectivity index (χ0) is 13.0. The number of rotatable bonds is 5. The number of halogens is 1. The standard InChI is InChI=1S/C14H17ClN2S/c1-10(11-5-3-2-4-6-11)17-12(9-16)13-7-8-14(15)18-13/h2-8,10,12,17H,9,16H2,1H3. The Kier molecular flexibility index (Phi) is 4.78. The van der Waals surface area contributed by atoms with Crippen molar-refractivity contribution in [1.82, 2.24) is 5.32 Å². The van der Waals surface area contributed by atoms with Crippen LogP contribution in [0, 0.1) is 0 Å². The predicted octanol–water partition coefficient (Wildman–Crippen LogP) is 3.75. The second kappa shape index (κ2) is 6.34. The molecule has 4 heteroatoms. The van der Waals surface area contributed by atoms with Gasteiger partial charge in [-0.3, -0.25) is 0 Å². The summed E-state index contributed by atoms with van der Waals surface area (Å²) in [6, 6.07) is 14.7. The van der Waals surface area contributed by atoms with Gasteiger partial charge in [0.15, 0.2) is 0 Å². The number of benzene rings is 1. The first-order valence-corrected chi connectivity index (χ1v) is 7.16. The van der Waals surface area contributed by atoms with E-state index in [4.69, 9.17) is 17.3 Å². The van der Waals surface area contributed by atoms with Gasteiger partial charge < -0.3 is 11.1 Å². The third-order valence-corrected chi connectivity index (χ3v) is 4.27. The molecule has 0 saturated carbocycles. The van der Waals surface area contributed by atoms with Gasteiger partial charge in [0.1, 0.15) is 0 Å². The van der Waals surface area contributed by atoms with E-state index < -0.39 is 0 Å². The van der Waals surface area contributed by atoms with E-state index in [9.17, 15) is 0 Å². The highest BCUT2D eigenvalue weighted by atomic mass is 35.5. The predicted molar refractivity (Wildman–Crippen MR) is 79.1 cm³/mol. The van der Waals surface area contributed by atoms with Gasteiger partial charge in [-0.1, -0.05) is 41.9 Å². The fourth-order valence-corrected chi connectivity index (χ4v) is 3.06. The van der Waals surface area contributed by atoms with Crippen LogP contribution >= 0.6 is 22.9 Å². The Morgan fingerprint density at radius 3 is 2.50 bits per heavy atom. The highest BCUT2D eigenvalue weighted by molar-refractivity contribution is 7.16. The maximum absolute atomic E-state index is 5.96. The minimum absolute atomic E-state index is 0.151. The van der Waals surface area contributed by atoms with Crippen LogP contribution in [0.4, 0.5) is 0 Å². The Morgan fingerprint density at radius 1 is 1.22 bits per heavy atom. The molecule has 0 aliphatic heterocycles. The molecule has 96 valence electrons. The van der Waals surface area contributed by atoms with Gasteiger partial charge in [0.05, 0.1) is 10.4 Å². The molecule has 0 bridgehead atoms. The summed E-state index contributed by atoms with van der Waals surface area (Å²) in [5.74, 6) is 0. The van der Waals surface area contributed by atoms with E-state index in [1.54, 1.807) is 11.3 Å². The Hall–Kier alpha value is -0.870. The summed E-state index contributed by atoms with van der Waals surface area (Å²) in [5, 5.41) is 3.54. The second-order valence-corrected chi connectivity index (χ2v) is 5.98. The SMILES string of the molecule is CC(NC(CN)c1ccc(Cl)s1)c1ccccc1. The van der Waals surface area contributed by atoms with Crippen LogP contribution in [0.15, 0.2) is 42.5 Å². The average Bonchev–Trinajstić information content (AvgIpc) is 2.83. The second-order valence-electron chi connectivity index (χ2n) is 4.23. The molecule has 3 N–H and O–H groups in total. The van der Waals surface area contributed by atoms with Crippen LogP contribution in [-0.4, -0.2) is 6.54 Å². The molecule has 0 amide bonds. The summed E-state index contributed by atoms with van der Waals surface area (Å²) >= 11 is 7.55. The quantitative estimate of drug-likeness (QED) is 0.875. The molecule has 1 aromatic heterocycles. The molecule has 1 heterocycles. The van der Waals surface area contributed by atoms with Gasteiger partial charge >= 0.3 is 0 Å². The van der Waals surface area contributed by atoms with E-state index in [2.05, 4.69) is 24.4 Å². The number of hydrogen-bond acceptors (Lipinski definition) is 3. The highest BCUT2D eigenvalue weighted by Crippen LogP contribution is 2.28. The molecule has 0 spiro atoms. The summed E-state index contributed by atoms with van der Waals surface area (Å²) in [7, 11) is 0. The molecular weight excluding hydrogens is 264 g/mol. The zero-order valence-electron chi connectivity index (χ0n) is 10.3. The number of thiophene rings is 1. The van der Waals surface area contributed by atoms with Crippen LogP contribution in [0.1, 0.15) is 29.4 Å². The molecular formula is C14H17ClN2S. The molecule has 0 saturated heterocycles. The Labute approximate surface area is 117 Å². The Morgan fingerprint density at radius 2 is 1.94 bits per heavy atom. The summed E-state index contributed by atoms with van der Waals surface area (Å²) in [4.78, 5) is 1.19. The van der Waals surface area contributed by atoms with E-state index in [0.717, 1.165) is 4.34 Å². The van der Waals surface area contributed by atoms with Crippen LogP contribution in [-0.2, 0) is 0 Å². The van der Waals surface area contributed by atoms with Crippen LogP contribution < -0.4 is 11.1 Å². The van der Waals surface area contributed by atoms with Gasteiger partial charge in [0.25, 0.3) is 0 Å². The smallest absolute Gasteiger partial charge is 0.0931 e. The number of nitrogens with one attached hydrogen (secondary N) is 1. The lowest BCUT2D eigenvalue weighted by Gasteiger charge is -2.21. The first-order chi connectivity index (χ1) is 8.70. The maximum atomic E-state index is 5.96. The summed E-state index contributed by atoms with van der Waals surface area (Å²) in [5.41, 5.74) is 7.10. The maximum Gasteiger partial charge on any atom is 0.0931 e. The average molecular weight is 281 g/mol. The summed E-state index contributed by atoms with van der Waals surface area (Å²) in [6.45, 7) is 2.71. The molecule has 0 fully saturated rings. The molecule has 2 nitrogen and oxygen atoms in total. The van der Waals surface area contributed by atoms with Crippen LogP contribution in [0.5, 0.6) is 0 Å². The number of nitrogens with two attached hydrogens (primary N) is 1. The van der Waals surface area contributed by atoms with Crippen molar-refractivity contribution in [1.29, 1.82) is 0 Å². The molecule has 2 unspecified atom stereocenters.